The lowest BCUT2D eigenvalue weighted by Crippen LogP contribution is -2.41. The molecule has 34 heavy (non-hydrogen) atoms. The van der Waals surface area contributed by atoms with Gasteiger partial charge in [0.2, 0.25) is 11.8 Å². The zero-order chi connectivity index (χ0) is 24.8. The first-order valence-corrected chi connectivity index (χ1v) is 11.7. The molecular weight excluding hydrogens is 480 g/mol. The first-order chi connectivity index (χ1) is 16.1. The number of hydrogen-bond donors (Lipinski definition) is 2. The summed E-state index contributed by atoms with van der Waals surface area (Å²) in [5, 5.41) is 13.2. The molecule has 4 rings (SSSR count). The Morgan fingerprint density at radius 2 is 2.03 bits per heavy atom. The van der Waals surface area contributed by atoms with Crippen molar-refractivity contribution in [2.75, 3.05) is 36.5 Å². The van der Waals surface area contributed by atoms with Gasteiger partial charge in [-0.05, 0) is 56.2 Å². The highest BCUT2D eigenvalue weighted by atomic mass is 35.5. The topological polar surface area (TPSA) is 72.9 Å². The van der Waals surface area contributed by atoms with Gasteiger partial charge in [-0.25, -0.2) is 4.39 Å². The quantitative estimate of drug-likeness (QED) is 0.448. The molecular formula is C25H26Cl2FN3O3. The van der Waals surface area contributed by atoms with Crippen LogP contribution in [0.5, 0.6) is 0 Å². The minimum Gasteiger partial charge on any atom is -0.395 e. The number of amides is 2. The van der Waals surface area contributed by atoms with Gasteiger partial charge in [0, 0.05) is 30.9 Å². The van der Waals surface area contributed by atoms with Crippen LogP contribution in [0.25, 0.3) is 0 Å². The maximum Gasteiger partial charge on any atom is 0.246 e. The molecule has 2 aromatic carbocycles. The van der Waals surface area contributed by atoms with Crippen LogP contribution in [0.1, 0.15) is 31.4 Å². The van der Waals surface area contributed by atoms with Crippen LogP contribution in [0.2, 0.25) is 10.0 Å². The van der Waals surface area contributed by atoms with E-state index in [1.807, 2.05) is 32.0 Å². The van der Waals surface area contributed by atoms with Gasteiger partial charge in [0.05, 0.1) is 33.3 Å². The molecule has 2 heterocycles. The maximum atomic E-state index is 15.2. The average Bonchev–Trinajstić information content (AvgIpc) is 3.30. The van der Waals surface area contributed by atoms with Gasteiger partial charge in [-0.1, -0.05) is 35.8 Å². The molecule has 2 aliphatic heterocycles. The molecule has 2 N–H and O–H groups in total. The van der Waals surface area contributed by atoms with Gasteiger partial charge in [-0.15, -0.1) is 0 Å². The number of fused-ring (bicyclic) bond motifs is 1. The van der Waals surface area contributed by atoms with Crippen molar-refractivity contribution in [3.05, 3.63) is 70.0 Å². The summed E-state index contributed by atoms with van der Waals surface area (Å²) in [5.41, 5.74) is 0.537. The van der Waals surface area contributed by atoms with Crippen molar-refractivity contribution in [2.45, 2.75) is 31.2 Å². The van der Waals surface area contributed by atoms with E-state index in [0.29, 0.717) is 24.3 Å². The van der Waals surface area contributed by atoms with Gasteiger partial charge >= 0.3 is 0 Å². The first kappa shape index (κ1) is 24.5. The van der Waals surface area contributed by atoms with E-state index in [4.69, 9.17) is 23.2 Å². The highest BCUT2D eigenvalue weighted by Gasteiger charge is 2.46. The first-order valence-electron chi connectivity index (χ1n) is 11.0. The fraction of sp³-hybridized carbons (Fsp3) is 0.360. The number of halogens is 3. The van der Waals surface area contributed by atoms with Crippen LogP contribution in [0, 0.1) is 5.82 Å². The largest absolute Gasteiger partial charge is 0.395 e. The summed E-state index contributed by atoms with van der Waals surface area (Å²) in [6, 6.07) is 8.16. The van der Waals surface area contributed by atoms with E-state index in [9.17, 15) is 14.7 Å². The molecule has 0 spiro atoms. The summed E-state index contributed by atoms with van der Waals surface area (Å²) in [4.78, 5) is 28.4. The van der Waals surface area contributed by atoms with E-state index in [1.165, 1.54) is 18.2 Å². The Morgan fingerprint density at radius 3 is 2.71 bits per heavy atom. The molecule has 0 aliphatic carbocycles. The molecule has 0 bridgehead atoms. The normalized spacial score (nSPS) is 21.1. The fourth-order valence-corrected chi connectivity index (χ4v) is 5.47. The molecule has 0 aromatic heterocycles. The molecule has 1 fully saturated rings. The van der Waals surface area contributed by atoms with Crippen molar-refractivity contribution in [3.8, 4) is 0 Å². The highest BCUT2D eigenvalue weighted by Crippen LogP contribution is 2.46. The van der Waals surface area contributed by atoms with Crippen LogP contribution >= 0.6 is 23.2 Å². The molecule has 9 heteroatoms. The lowest BCUT2D eigenvalue weighted by atomic mass is 9.85. The molecule has 180 valence electrons. The summed E-state index contributed by atoms with van der Waals surface area (Å²) in [6.45, 7) is 7.75. The summed E-state index contributed by atoms with van der Waals surface area (Å²) < 4.78 is 15.2. The number of aliphatic hydroxyl groups is 1. The summed E-state index contributed by atoms with van der Waals surface area (Å²) in [6.07, 6.45) is 1.60. The van der Waals surface area contributed by atoms with Crippen molar-refractivity contribution in [3.63, 3.8) is 0 Å². The molecule has 1 saturated heterocycles. The Morgan fingerprint density at radius 1 is 1.29 bits per heavy atom. The standard InChI is InChI=1S/C25H26Cl2FN3O3/c1-4-20(33)30-10-9-25(14-30,21-18(28)8-7-17(26)22(21)27)29-15-5-6-16-19(13-15)31(11-12-32)23(34)24(16,2)3/h4-8,13,29,32H,1,9-12,14H2,2-3H3/t25-/m1/s1. The third kappa shape index (κ3) is 3.85. The highest BCUT2D eigenvalue weighted by molar-refractivity contribution is 6.42. The number of aliphatic hydroxyl groups excluding tert-OH is 1. The van der Waals surface area contributed by atoms with Gasteiger partial charge < -0.3 is 20.2 Å². The zero-order valence-electron chi connectivity index (χ0n) is 19.0. The van der Waals surface area contributed by atoms with Gasteiger partial charge in [0.15, 0.2) is 0 Å². The monoisotopic (exact) mass is 505 g/mol. The Kier molecular flexibility index (Phi) is 6.40. The van der Waals surface area contributed by atoms with Crippen LogP contribution in [0.4, 0.5) is 15.8 Å². The van der Waals surface area contributed by atoms with Crippen LogP contribution in [0.3, 0.4) is 0 Å². The molecule has 2 aliphatic rings. The minimum atomic E-state index is -1.06. The number of benzene rings is 2. The Labute approximate surface area is 207 Å². The van der Waals surface area contributed by atoms with E-state index in [1.54, 1.807) is 9.80 Å². The lowest BCUT2D eigenvalue weighted by molar-refractivity contribution is -0.125. The van der Waals surface area contributed by atoms with E-state index in [0.717, 1.165) is 5.56 Å². The lowest BCUT2D eigenvalue weighted by Gasteiger charge is -2.34. The van der Waals surface area contributed by atoms with Crippen LogP contribution < -0.4 is 10.2 Å². The summed E-state index contributed by atoms with van der Waals surface area (Å²) >= 11 is 12.7. The SMILES string of the molecule is C=CC(=O)N1CC[C@](Nc2ccc3c(c2)N(CCO)C(=O)C3(C)C)(c2c(F)ccc(Cl)c2Cl)C1. The van der Waals surface area contributed by atoms with E-state index in [-0.39, 0.29) is 47.1 Å². The molecule has 0 unspecified atom stereocenters. The van der Waals surface area contributed by atoms with Crippen molar-refractivity contribution < 1.29 is 19.1 Å². The number of nitrogens with zero attached hydrogens (tertiary/aromatic N) is 2. The second-order valence-corrected chi connectivity index (χ2v) is 9.96. The number of β-amino-alcohol motifs (C(OH)–C–C–N with tert-alkyl or cyclic N) is 1. The van der Waals surface area contributed by atoms with Crippen molar-refractivity contribution in [2.24, 2.45) is 0 Å². The molecule has 1 atom stereocenters. The summed E-state index contributed by atoms with van der Waals surface area (Å²) in [7, 11) is 0. The smallest absolute Gasteiger partial charge is 0.246 e. The van der Waals surface area contributed by atoms with Crippen LogP contribution in [-0.2, 0) is 20.5 Å². The van der Waals surface area contributed by atoms with E-state index < -0.39 is 16.8 Å². The third-order valence-electron chi connectivity index (χ3n) is 6.73. The molecule has 0 radical (unpaired) electrons. The Hall–Kier alpha value is -2.61. The van der Waals surface area contributed by atoms with E-state index >= 15 is 4.39 Å². The van der Waals surface area contributed by atoms with Gasteiger partial charge in [-0.2, -0.15) is 0 Å². The van der Waals surface area contributed by atoms with Crippen molar-refractivity contribution >= 4 is 46.4 Å². The Bertz CT molecular complexity index is 1190. The molecule has 6 nitrogen and oxygen atoms in total. The predicted octanol–water partition coefficient (Wildman–Crippen LogP) is 4.47. The second kappa shape index (κ2) is 8.87. The molecule has 2 aromatic rings. The average molecular weight is 506 g/mol. The van der Waals surface area contributed by atoms with Crippen LogP contribution in [-0.4, -0.2) is 48.1 Å². The summed E-state index contributed by atoms with van der Waals surface area (Å²) in [5.74, 6) is -0.900. The van der Waals surface area contributed by atoms with Gasteiger partial charge in [0.1, 0.15) is 5.82 Å². The number of likely N-dealkylation sites (tertiary alicyclic amines) is 1. The number of carbonyl (C=O) groups excluding carboxylic acids is 2. The molecule has 2 amide bonds. The van der Waals surface area contributed by atoms with Crippen molar-refractivity contribution in [1.82, 2.24) is 4.90 Å². The fourth-order valence-electron chi connectivity index (χ4n) is 4.98. The van der Waals surface area contributed by atoms with E-state index in [2.05, 4.69) is 11.9 Å². The predicted molar refractivity (Wildman–Crippen MR) is 132 cm³/mol. The number of carbonyl (C=O) groups is 2. The maximum absolute atomic E-state index is 15.2. The minimum absolute atomic E-state index is 0.0847. The second-order valence-electron chi connectivity index (χ2n) is 9.18. The van der Waals surface area contributed by atoms with Crippen LogP contribution in [0.15, 0.2) is 43.0 Å². The molecule has 0 saturated carbocycles. The zero-order valence-corrected chi connectivity index (χ0v) is 20.5. The Balaban J connectivity index is 1.81. The number of hydrogen-bond acceptors (Lipinski definition) is 4. The van der Waals surface area contributed by atoms with Gasteiger partial charge in [-0.3, -0.25) is 9.59 Å². The van der Waals surface area contributed by atoms with Gasteiger partial charge in [0.25, 0.3) is 0 Å². The number of rotatable bonds is 6. The number of anilines is 2. The van der Waals surface area contributed by atoms with Crippen molar-refractivity contribution in [1.29, 1.82) is 0 Å². The number of nitrogens with one attached hydrogen (secondary N) is 1. The third-order valence-corrected chi connectivity index (χ3v) is 7.53.